The summed E-state index contributed by atoms with van der Waals surface area (Å²) in [5.41, 5.74) is 4.71. The number of hydroxylamine groups is 1. The van der Waals surface area contributed by atoms with E-state index in [0.29, 0.717) is 0 Å². The van der Waals surface area contributed by atoms with Crippen LogP contribution in [0, 0.1) is 12.1 Å². The Balaban J connectivity index is 2.71. The lowest BCUT2D eigenvalue weighted by Crippen LogP contribution is -3.07. The molecule has 0 fully saturated rings. The molecule has 1 unspecified atom stereocenters. The van der Waals surface area contributed by atoms with Gasteiger partial charge in [0, 0.05) is 0 Å². The van der Waals surface area contributed by atoms with Crippen LogP contribution in [-0.4, -0.2) is 7.05 Å². The first-order valence-corrected chi connectivity index (χ1v) is 3.53. The summed E-state index contributed by atoms with van der Waals surface area (Å²) in [6, 6.07) is 7.71. The molecule has 0 spiro atoms. The Kier molecular flexibility index (Phi) is 2.46. The van der Waals surface area contributed by atoms with Gasteiger partial charge in [0.15, 0.2) is 0 Å². The van der Waals surface area contributed by atoms with Crippen molar-refractivity contribution in [3.8, 4) is 0 Å². The van der Waals surface area contributed by atoms with Crippen LogP contribution in [0.5, 0.6) is 0 Å². The van der Waals surface area contributed by atoms with Crippen LogP contribution in [0.1, 0.15) is 5.56 Å². The Morgan fingerprint density at radius 1 is 1.45 bits per heavy atom. The van der Waals surface area contributed by atoms with Gasteiger partial charge >= 0.3 is 0 Å². The molecule has 3 nitrogen and oxygen atoms in total. The average Bonchev–Trinajstić information content (AvgIpc) is 1.85. The van der Waals surface area contributed by atoms with E-state index < -0.39 is 0 Å². The molecule has 1 aromatic rings. The van der Waals surface area contributed by atoms with Crippen LogP contribution in [0.15, 0.2) is 24.3 Å². The molecule has 60 valence electrons. The third-order valence-electron chi connectivity index (χ3n) is 1.34. The van der Waals surface area contributed by atoms with Crippen LogP contribution < -0.4 is 10.6 Å². The summed E-state index contributed by atoms with van der Waals surface area (Å²) in [5.74, 6) is 0. The zero-order valence-electron chi connectivity index (χ0n) is 6.72. The number of aryl methyl sites for hydroxylation is 1. The maximum atomic E-state index is 10.6. The minimum Gasteiger partial charge on any atom is -0.608 e. The number of quaternary nitrogens is 1. The smallest absolute Gasteiger partial charge is 0.0887 e. The van der Waals surface area contributed by atoms with Gasteiger partial charge in [-0.05, 0) is 24.6 Å². The van der Waals surface area contributed by atoms with Crippen LogP contribution >= 0.6 is 0 Å². The van der Waals surface area contributed by atoms with Gasteiger partial charge in [0.05, 0.1) is 12.7 Å². The summed E-state index contributed by atoms with van der Waals surface area (Å²) >= 11 is 0. The second kappa shape index (κ2) is 3.37. The molecule has 2 N–H and O–H groups in total. The van der Waals surface area contributed by atoms with Crippen molar-refractivity contribution in [3.05, 3.63) is 35.0 Å². The lowest BCUT2D eigenvalue weighted by Gasteiger charge is -2.17. The molecule has 0 amide bonds. The highest BCUT2D eigenvalue weighted by Gasteiger charge is 1.91. The lowest BCUT2D eigenvalue weighted by molar-refractivity contribution is -0.800. The van der Waals surface area contributed by atoms with Gasteiger partial charge < -0.3 is 5.21 Å². The molecule has 1 atom stereocenters. The highest BCUT2D eigenvalue weighted by atomic mass is 16.5. The summed E-state index contributed by atoms with van der Waals surface area (Å²) < 4.78 is 0. The molecular weight excluding hydrogens is 140 g/mol. The average molecular weight is 152 g/mol. The first kappa shape index (κ1) is 8.04. The van der Waals surface area contributed by atoms with Gasteiger partial charge in [0.2, 0.25) is 0 Å². The number of benzene rings is 1. The quantitative estimate of drug-likeness (QED) is 0.600. The van der Waals surface area contributed by atoms with Crippen molar-refractivity contribution in [1.82, 2.24) is 0 Å². The van der Waals surface area contributed by atoms with Gasteiger partial charge in [-0.25, -0.2) is 5.43 Å². The maximum absolute atomic E-state index is 10.6. The van der Waals surface area contributed by atoms with E-state index in [0.717, 1.165) is 11.3 Å². The fourth-order valence-electron chi connectivity index (χ4n) is 0.926. The summed E-state index contributed by atoms with van der Waals surface area (Å²) in [4.78, 5) is 0. The molecule has 1 aromatic carbocycles. The molecule has 1 rings (SSSR count). The molecule has 0 saturated carbocycles. The van der Waals surface area contributed by atoms with Gasteiger partial charge in [-0.1, -0.05) is 12.1 Å². The Bertz CT molecular complexity index is 235. The van der Waals surface area contributed by atoms with E-state index in [2.05, 4.69) is 5.43 Å². The Morgan fingerprint density at radius 2 is 2.18 bits per heavy atom. The van der Waals surface area contributed by atoms with Crippen molar-refractivity contribution in [2.75, 3.05) is 12.5 Å². The monoisotopic (exact) mass is 152 g/mol. The number of nitrogens with one attached hydrogen (secondary N) is 2. The molecule has 3 heteroatoms. The number of anilines is 1. The van der Waals surface area contributed by atoms with Crippen molar-refractivity contribution in [1.29, 1.82) is 0 Å². The number of rotatable bonds is 2. The van der Waals surface area contributed by atoms with Crippen molar-refractivity contribution >= 4 is 5.69 Å². The standard InChI is InChI=1S/C8H12N2O/c1-7-4-3-5-8(6-7)9-10(2)11/h3-6,9-10H,1-2H3. The molecule has 0 aromatic heterocycles. The van der Waals surface area contributed by atoms with E-state index in [-0.39, 0.29) is 5.17 Å². The zero-order valence-corrected chi connectivity index (χ0v) is 6.72. The van der Waals surface area contributed by atoms with Crippen molar-refractivity contribution < 1.29 is 5.17 Å². The van der Waals surface area contributed by atoms with E-state index in [1.165, 1.54) is 7.05 Å². The molecule has 0 bridgehead atoms. The second-order valence-electron chi connectivity index (χ2n) is 2.55. The predicted molar refractivity (Wildman–Crippen MR) is 45.1 cm³/mol. The molecule has 0 radical (unpaired) electrons. The van der Waals surface area contributed by atoms with Crippen LogP contribution in [0.4, 0.5) is 5.69 Å². The lowest BCUT2D eigenvalue weighted by atomic mass is 10.2. The topological polar surface area (TPSA) is 39.5 Å². The molecule has 0 aliphatic carbocycles. The maximum Gasteiger partial charge on any atom is 0.0887 e. The fourth-order valence-corrected chi connectivity index (χ4v) is 0.926. The van der Waals surface area contributed by atoms with Crippen molar-refractivity contribution in [3.63, 3.8) is 0 Å². The number of hydrogen-bond acceptors (Lipinski definition) is 2. The Morgan fingerprint density at radius 3 is 2.73 bits per heavy atom. The molecule has 0 aliphatic heterocycles. The van der Waals surface area contributed by atoms with Gasteiger partial charge in [-0.15, -0.1) is 0 Å². The van der Waals surface area contributed by atoms with E-state index in [9.17, 15) is 5.21 Å². The summed E-state index contributed by atoms with van der Waals surface area (Å²) in [7, 11) is 1.50. The first-order chi connectivity index (χ1) is 5.18. The van der Waals surface area contributed by atoms with Crippen LogP contribution in [0.2, 0.25) is 0 Å². The zero-order chi connectivity index (χ0) is 8.27. The largest absolute Gasteiger partial charge is 0.608 e. The third-order valence-corrected chi connectivity index (χ3v) is 1.34. The van der Waals surface area contributed by atoms with Gasteiger partial charge in [0.1, 0.15) is 0 Å². The van der Waals surface area contributed by atoms with Crippen LogP contribution in [0.3, 0.4) is 0 Å². The summed E-state index contributed by atoms with van der Waals surface area (Å²) in [5, 5.41) is 10.6. The van der Waals surface area contributed by atoms with Gasteiger partial charge in [-0.3, -0.25) is 5.17 Å². The molecular formula is C8H12N2O. The Labute approximate surface area is 66.2 Å². The highest BCUT2D eigenvalue weighted by Crippen LogP contribution is 2.06. The van der Waals surface area contributed by atoms with Crippen LogP contribution in [-0.2, 0) is 0 Å². The summed E-state index contributed by atoms with van der Waals surface area (Å²) in [6.07, 6.45) is 0. The van der Waals surface area contributed by atoms with E-state index in [4.69, 9.17) is 0 Å². The minimum atomic E-state index is -0.0319. The van der Waals surface area contributed by atoms with Crippen molar-refractivity contribution in [2.45, 2.75) is 6.92 Å². The van der Waals surface area contributed by atoms with E-state index in [1.54, 1.807) is 0 Å². The number of hydrogen-bond donors (Lipinski definition) is 2. The fraction of sp³-hybridized carbons (Fsp3) is 0.250. The molecule has 11 heavy (non-hydrogen) atoms. The summed E-state index contributed by atoms with van der Waals surface area (Å²) in [6.45, 7) is 1.99. The SMILES string of the molecule is Cc1cccc(N[NH+](C)[O-])c1. The molecule has 0 aliphatic rings. The predicted octanol–water partition coefficient (Wildman–Crippen LogP) is 0.334. The van der Waals surface area contributed by atoms with E-state index >= 15 is 0 Å². The van der Waals surface area contributed by atoms with Gasteiger partial charge in [-0.2, -0.15) is 0 Å². The minimum absolute atomic E-state index is 0.0319. The van der Waals surface area contributed by atoms with Crippen molar-refractivity contribution in [2.24, 2.45) is 0 Å². The molecule has 0 heterocycles. The second-order valence-corrected chi connectivity index (χ2v) is 2.55. The molecule has 0 saturated heterocycles. The van der Waals surface area contributed by atoms with E-state index in [1.807, 2.05) is 31.2 Å². The normalized spacial score (nSPS) is 12.6. The Hall–Kier alpha value is -1.06. The highest BCUT2D eigenvalue weighted by molar-refractivity contribution is 5.42. The third kappa shape index (κ3) is 2.57. The van der Waals surface area contributed by atoms with Crippen LogP contribution in [0.25, 0.3) is 0 Å². The van der Waals surface area contributed by atoms with Gasteiger partial charge in [0.25, 0.3) is 0 Å². The first-order valence-electron chi connectivity index (χ1n) is 3.53.